The van der Waals surface area contributed by atoms with Gasteiger partial charge in [-0.1, -0.05) is 12.1 Å². The summed E-state index contributed by atoms with van der Waals surface area (Å²) in [6.45, 7) is 2.69. The van der Waals surface area contributed by atoms with E-state index in [0.29, 0.717) is 11.4 Å². The molecule has 8 nitrogen and oxygen atoms in total. The summed E-state index contributed by atoms with van der Waals surface area (Å²) in [5.41, 5.74) is 1.79. The largest absolute Gasteiger partial charge is 0.497 e. The van der Waals surface area contributed by atoms with Crippen molar-refractivity contribution in [3.63, 3.8) is 0 Å². The van der Waals surface area contributed by atoms with Gasteiger partial charge in [-0.2, -0.15) is 0 Å². The van der Waals surface area contributed by atoms with Crippen molar-refractivity contribution in [3.8, 4) is 11.6 Å². The summed E-state index contributed by atoms with van der Waals surface area (Å²) in [5, 5.41) is 10.7. The van der Waals surface area contributed by atoms with Crippen LogP contribution in [0.2, 0.25) is 0 Å². The topological polar surface area (TPSA) is 85.2 Å². The quantitative estimate of drug-likeness (QED) is 0.691. The number of rotatable bonds is 6. The second kappa shape index (κ2) is 8.83. The van der Waals surface area contributed by atoms with E-state index in [4.69, 9.17) is 4.74 Å². The van der Waals surface area contributed by atoms with E-state index in [-0.39, 0.29) is 11.9 Å². The van der Waals surface area contributed by atoms with Crippen LogP contribution in [0.15, 0.2) is 55.2 Å². The third-order valence-corrected chi connectivity index (χ3v) is 5.07. The fourth-order valence-corrected chi connectivity index (χ4v) is 3.63. The first-order valence-electron chi connectivity index (χ1n) is 9.68. The van der Waals surface area contributed by atoms with Gasteiger partial charge in [0.15, 0.2) is 0 Å². The Balaban J connectivity index is 1.38. The number of nitrogens with one attached hydrogen (secondary N) is 1. The standard InChI is InChI=1S/C21H24N6O2/c1-29-19-6-2-4-16(10-19)12-26-9-3-5-18(13-26)25-21(28)17-7-8-22-20(11-17)27-14-23-24-15-27/h2,4,6-8,10-11,14-15,18H,3,5,9,12-13H2,1H3,(H,25,28)/t18-/m1/s1. The van der Waals surface area contributed by atoms with E-state index in [9.17, 15) is 4.79 Å². The first kappa shape index (κ1) is 19.1. The van der Waals surface area contributed by atoms with Crippen molar-refractivity contribution in [2.75, 3.05) is 20.2 Å². The van der Waals surface area contributed by atoms with Crippen LogP contribution in [0.1, 0.15) is 28.8 Å². The van der Waals surface area contributed by atoms with Crippen molar-refractivity contribution < 1.29 is 9.53 Å². The molecule has 1 aliphatic heterocycles. The average molecular weight is 392 g/mol. The van der Waals surface area contributed by atoms with Gasteiger partial charge in [-0.3, -0.25) is 14.3 Å². The van der Waals surface area contributed by atoms with Crippen LogP contribution < -0.4 is 10.1 Å². The minimum atomic E-state index is -0.0880. The van der Waals surface area contributed by atoms with Crippen molar-refractivity contribution >= 4 is 5.91 Å². The molecule has 0 aliphatic carbocycles. The molecule has 1 N–H and O–H groups in total. The summed E-state index contributed by atoms with van der Waals surface area (Å²) in [4.78, 5) is 19.4. The van der Waals surface area contributed by atoms with Gasteiger partial charge in [-0.25, -0.2) is 4.98 Å². The van der Waals surface area contributed by atoms with Gasteiger partial charge in [0.2, 0.25) is 0 Å². The summed E-state index contributed by atoms with van der Waals surface area (Å²) >= 11 is 0. The third-order valence-electron chi connectivity index (χ3n) is 5.07. The van der Waals surface area contributed by atoms with Crippen molar-refractivity contribution in [2.24, 2.45) is 0 Å². The number of hydrogen-bond donors (Lipinski definition) is 1. The number of carbonyl (C=O) groups is 1. The van der Waals surface area contributed by atoms with E-state index < -0.39 is 0 Å². The highest BCUT2D eigenvalue weighted by Crippen LogP contribution is 2.18. The highest BCUT2D eigenvalue weighted by Gasteiger charge is 2.22. The Morgan fingerprint density at radius 3 is 2.93 bits per heavy atom. The molecular weight excluding hydrogens is 368 g/mol. The summed E-state index contributed by atoms with van der Waals surface area (Å²) in [5.74, 6) is 1.40. The Morgan fingerprint density at radius 1 is 1.24 bits per heavy atom. The number of aromatic nitrogens is 4. The Kier molecular flexibility index (Phi) is 5.81. The normalized spacial score (nSPS) is 17.1. The molecule has 1 amide bonds. The van der Waals surface area contributed by atoms with Crippen LogP contribution in [0.3, 0.4) is 0 Å². The first-order valence-corrected chi connectivity index (χ1v) is 9.68. The zero-order valence-corrected chi connectivity index (χ0v) is 16.4. The molecule has 29 heavy (non-hydrogen) atoms. The van der Waals surface area contributed by atoms with Gasteiger partial charge in [-0.05, 0) is 49.2 Å². The number of hydrogen-bond acceptors (Lipinski definition) is 6. The molecule has 1 atom stereocenters. The Bertz CT molecular complexity index is 959. The number of nitrogens with zero attached hydrogens (tertiary/aromatic N) is 5. The lowest BCUT2D eigenvalue weighted by molar-refractivity contribution is 0.0900. The van der Waals surface area contributed by atoms with Crippen molar-refractivity contribution in [2.45, 2.75) is 25.4 Å². The Labute approximate surface area is 169 Å². The lowest BCUT2D eigenvalue weighted by Gasteiger charge is -2.33. The highest BCUT2D eigenvalue weighted by atomic mass is 16.5. The van der Waals surface area contributed by atoms with Crippen LogP contribution >= 0.6 is 0 Å². The predicted molar refractivity (Wildman–Crippen MR) is 108 cm³/mol. The molecule has 0 bridgehead atoms. The summed E-state index contributed by atoms with van der Waals surface area (Å²) < 4.78 is 6.99. The van der Waals surface area contributed by atoms with Gasteiger partial charge in [-0.15, -0.1) is 10.2 Å². The molecule has 3 heterocycles. The minimum Gasteiger partial charge on any atom is -0.497 e. The summed E-state index contributed by atoms with van der Waals surface area (Å²) in [6, 6.07) is 11.7. The van der Waals surface area contributed by atoms with E-state index in [1.54, 1.807) is 42.7 Å². The van der Waals surface area contributed by atoms with Crippen molar-refractivity contribution in [1.82, 2.24) is 30.0 Å². The van der Waals surface area contributed by atoms with Crippen LogP contribution in [-0.2, 0) is 6.54 Å². The lowest BCUT2D eigenvalue weighted by Crippen LogP contribution is -2.47. The second-order valence-electron chi connectivity index (χ2n) is 7.17. The van der Waals surface area contributed by atoms with E-state index in [2.05, 4.69) is 37.5 Å². The Morgan fingerprint density at radius 2 is 2.10 bits per heavy atom. The zero-order valence-electron chi connectivity index (χ0n) is 16.4. The van der Waals surface area contributed by atoms with Crippen molar-refractivity contribution in [1.29, 1.82) is 0 Å². The molecule has 1 aromatic carbocycles. The Hall–Kier alpha value is -3.26. The third kappa shape index (κ3) is 4.78. The molecule has 0 saturated carbocycles. The summed E-state index contributed by atoms with van der Waals surface area (Å²) in [6.07, 6.45) is 6.77. The smallest absolute Gasteiger partial charge is 0.251 e. The van der Waals surface area contributed by atoms with E-state index in [1.807, 2.05) is 12.1 Å². The fraction of sp³-hybridized carbons (Fsp3) is 0.333. The number of carbonyl (C=O) groups excluding carboxylic acids is 1. The molecular formula is C21H24N6O2. The number of likely N-dealkylation sites (tertiary alicyclic amines) is 1. The van der Waals surface area contributed by atoms with Crippen LogP contribution in [0.25, 0.3) is 5.82 Å². The molecule has 3 aromatic rings. The number of piperidine rings is 1. The highest BCUT2D eigenvalue weighted by molar-refractivity contribution is 5.94. The first-order chi connectivity index (χ1) is 14.2. The molecule has 150 valence electrons. The molecule has 0 unspecified atom stereocenters. The number of ether oxygens (including phenoxy) is 1. The van der Waals surface area contributed by atoms with Crippen molar-refractivity contribution in [3.05, 3.63) is 66.4 Å². The van der Waals surface area contributed by atoms with Gasteiger partial charge in [0.05, 0.1) is 7.11 Å². The molecule has 2 aromatic heterocycles. The lowest BCUT2D eigenvalue weighted by atomic mass is 10.0. The van der Waals surface area contributed by atoms with Crippen LogP contribution in [0.4, 0.5) is 0 Å². The minimum absolute atomic E-state index is 0.0880. The maximum Gasteiger partial charge on any atom is 0.251 e. The summed E-state index contributed by atoms with van der Waals surface area (Å²) in [7, 11) is 1.68. The van der Waals surface area contributed by atoms with Gasteiger partial charge in [0.25, 0.3) is 5.91 Å². The molecule has 1 aliphatic rings. The van der Waals surface area contributed by atoms with E-state index >= 15 is 0 Å². The predicted octanol–water partition coefficient (Wildman–Crippen LogP) is 2.07. The van der Waals surface area contributed by atoms with E-state index in [0.717, 1.165) is 38.2 Å². The second-order valence-corrected chi connectivity index (χ2v) is 7.17. The molecule has 1 fully saturated rings. The van der Waals surface area contributed by atoms with E-state index in [1.165, 1.54) is 5.56 Å². The van der Waals surface area contributed by atoms with Gasteiger partial charge in [0.1, 0.15) is 24.2 Å². The van der Waals surface area contributed by atoms with Crippen LogP contribution in [0.5, 0.6) is 5.75 Å². The zero-order chi connectivity index (χ0) is 20.1. The molecule has 0 spiro atoms. The van der Waals surface area contributed by atoms with Gasteiger partial charge >= 0.3 is 0 Å². The number of methoxy groups -OCH3 is 1. The maximum absolute atomic E-state index is 12.8. The monoisotopic (exact) mass is 392 g/mol. The SMILES string of the molecule is COc1cccc(CN2CCC[C@@H](NC(=O)c3ccnc(-n4cnnc4)c3)C2)c1. The van der Waals surface area contributed by atoms with Gasteiger partial charge < -0.3 is 10.1 Å². The fourth-order valence-electron chi connectivity index (χ4n) is 3.63. The molecule has 0 radical (unpaired) electrons. The average Bonchev–Trinajstić information content (AvgIpc) is 3.29. The van der Waals surface area contributed by atoms with Crippen LogP contribution in [-0.4, -0.2) is 56.8 Å². The molecule has 1 saturated heterocycles. The van der Waals surface area contributed by atoms with Crippen LogP contribution in [0, 0.1) is 0 Å². The van der Waals surface area contributed by atoms with Gasteiger partial charge in [0, 0.05) is 30.9 Å². The maximum atomic E-state index is 12.8. The number of amides is 1. The number of benzene rings is 1. The number of pyridine rings is 1. The molecule has 8 heteroatoms. The molecule has 4 rings (SSSR count).